The molecule has 0 aromatic rings. The third-order valence-corrected chi connectivity index (χ3v) is 2.53. The van der Waals surface area contributed by atoms with E-state index in [1.54, 1.807) is 20.8 Å². The van der Waals surface area contributed by atoms with Gasteiger partial charge in [-0.25, -0.2) is 0 Å². The van der Waals surface area contributed by atoms with Gasteiger partial charge in [-0.1, -0.05) is 12.2 Å². The van der Waals surface area contributed by atoms with E-state index in [0.717, 1.165) is 0 Å². The average Bonchev–Trinajstić information content (AvgIpc) is 2.26. The van der Waals surface area contributed by atoms with Crippen molar-refractivity contribution < 1.29 is 29.3 Å². The number of aliphatic hydroxyl groups excluding tert-OH is 1. The van der Waals surface area contributed by atoms with Crippen molar-refractivity contribution in [3.8, 4) is 0 Å². The molecule has 1 atom stereocenters. The summed E-state index contributed by atoms with van der Waals surface area (Å²) >= 11 is 0. The zero-order valence-corrected chi connectivity index (χ0v) is 11.3. The molecule has 0 saturated carbocycles. The highest BCUT2D eigenvalue weighted by molar-refractivity contribution is 6.33. The lowest BCUT2D eigenvalue weighted by atomic mass is 9.81. The molecule has 0 saturated heterocycles. The van der Waals surface area contributed by atoms with Crippen LogP contribution in [0.2, 0.25) is 0 Å². The number of hydrogen-bond donors (Lipinski definition) is 3. The fourth-order valence-corrected chi connectivity index (χ4v) is 1.68. The van der Waals surface area contributed by atoms with Crippen LogP contribution < -0.4 is 0 Å². The Labute approximate surface area is 112 Å². The standard InChI is InChI=1S/C12H19BO6/c1-11(2,3)18-10(15)12(8-14)6-4-5-9(7-12)19-13(16)17/h4-6,14,16-17H,7-8H2,1-3H3. The monoisotopic (exact) mass is 270 g/mol. The number of aliphatic hydroxyl groups is 1. The third kappa shape index (κ3) is 4.38. The van der Waals surface area contributed by atoms with E-state index < -0.39 is 30.9 Å². The molecule has 0 spiro atoms. The molecule has 3 N–H and O–H groups in total. The molecule has 1 aliphatic rings. The van der Waals surface area contributed by atoms with Crippen LogP contribution in [-0.2, 0) is 14.2 Å². The van der Waals surface area contributed by atoms with Gasteiger partial charge in [0.1, 0.15) is 11.0 Å². The summed E-state index contributed by atoms with van der Waals surface area (Å²) in [6.07, 6.45) is 4.54. The molecule has 0 aromatic heterocycles. The second kappa shape index (κ2) is 5.77. The molecule has 1 rings (SSSR count). The van der Waals surface area contributed by atoms with Gasteiger partial charge in [-0.05, 0) is 26.8 Å². The highest BCUT2D eigenvalue weighted by Gasteiger charge is 2.41. The maximum Gasteiger partial charge on any atom is 0.707 e. The van der Waals surface area contributed by atoms with Crippen LogP contribution in [0.15, 0.2) is 24.0 Å². The summed E-state index contributed by atoms with van der Waals surface area (Å²) in [7, 11) is -1.97. The molecule has 0 fully saturated rings. The first-order valence-corrected chi connectivity index (χ1v) is 5.94. The Bertz CT molecular complexity index is 396. The smallest absolute Gasteiger partial charge is 0.516 e. The van der Waals surface area contributed by atoms with Gasteiger partial charge in [0.15, 0.2) is 0 Å². The predicted octanol–water partition coefficient (Wildman–Crippen LogP) is 0.137. The summed E-state index contributed by atoms with van der Waals surface area (Å²) in [5.74, 6) is -0.391. The maximum absolute atomic E-state index is 12.2. The number of ether oxygens (including phenoxy) is 1. The molecule has 6 nitrogen and oxygen atoms in total. The van der Waals surface area contributed by atoms with Gasteiger partial charge in [-0.3, -0.25) is 4.79 Å². The largest absolute Gasteiger partial charge is 0.707 e. The lowest BCUT2D eigenvalue weighted by Gasteiger charge is -2.32. The second-order valence-corrected chi connectivity index (χ2v) is 5.43. The topological polar surface area (TPSA) is 96.2 Å². The second-order valence-electron chi connectivity index (χ2n) is 5.43. The Kier molecular flexibility index (Phi) is 4.78. The van der Waals surface area contributed by atoms with Crippen LogP contribution >= 0.6 is 0 Å². The molecular formula is C12H19BO6. The maximum atomic E-state index is 12.2. The van der Waals surface area contributed by atoms with Gasteiger partial charge in [-0.15, -0.1) is 0 Å². The van der Waals surface area contributed by atoms with Gasteiger partial charge >= 0.3 is 13.3 Å². The molecule has 0 aromatic carbocycles. The van der Waals surface area contributed by atoms with Crippen molar-refractivity contribution in [3.05, 3.63) is 24.0 Å². The van der Waals surface area contributed by atoms with E-state index in [1.165, 1.54) is 18.2 Å². The predicted molar refractivity (Wildman–Crippen MR) is 68.5 cm³/mol. The van der Waals surface area contributed by atoms with Gasteiger partial charge in [-0.2, -0.15) is 0 Å². The summed E-state index contributed by atoms with van der Waals surface area (Å²) in [6, 6.07) is 0. The van der Waals surface area contributed by atoms with Crippen molar-refractivity contribution in [1.82, 2.24) is 0 Å². The van der Waals surface area contributed by atoms with Crippen molar-refractivity contribution in [2.24, 2.45) is 5.41 Å². The Morgan fingerprint density at radius 1 is 1.47 bits per heavy atom. The van der Waals surface area contributed by atoms with Crippen LogP contribution in [0.4, 0.5) is 0 Å². The van der Waals surface area contributed by atoms with Gasteiger partial charge in [0.2, 0.25) is 0 Å². The first kappa shape index (κ1) is 15.8. The van der Waals surface area contributed by atoms with E-state index in [2.05, 4.69) is 0 Å². The Balaban J connectivity index is 2.86. The highest BCUT2D eigenvalue weighted by Crippen LogP contribution is 2.34. The van der Waals surface area contributed by atoms with Crippen molar-refractivity contribution in [2.45, 2.75) is 32.8 Å². The van der Waals surface area contributed by atoms with E-state index in [4.69, 9.17) is 19.4 Å². The zero-order valence-electron chi connectivity index (χ0n) is 11.3. The Hall–Kier alpha value is -1.31. The molecular weight excluding hydrogens is 251 g/mol. The fourth-order valence-electron chi connectivity index (χ4n) is 1.68. The van der Waals surface area contributed by atoms with Gasteiger partial charge in [0, 0.05) is 6.42 Å². The van der Waals surface area contributed by atoms with Crippen LogP contribution in [0.5, 0.6) is 0 Å². The van der Waals surface area contributed by atoms with E-state index in [1.807, 2.05) is 0 Å². The summed E-state index contributed by atoms with van der Waals surface area (Å²) in [5.41, 5.74) is -1.93. The molecule has 7 heteroatoms. The van der Waals surface area contributed by atoms with Gasteiger partial charge in [0.05, 0.1) is 12.4 Å². The molecule has 0 radical (unpaired) electrons. The van der Waals surface area contributed by atoms with E-state index in [0.29, 0.717) is 0 Å². The van der Waals surface area contributed by atoms with E-state index >= 15 is 0 Å². The van der Waals surface area contributed by atoms with Crippen LogP contribution in [0, 0.1) is 5.41 Å². The summed E-state index contributed by atoms with van der Waals surface area (Å²) in [4.78, 5) is 12.2. The Morgan fingerprint density at radius 2 is 2.11 bits per heavy atom. The minimum Gasteiger partial charge on any atom is -0.516 e. The van der Waals surface area contributed by atoms with Crippen molar-refractivity contribution in [2.75, 3.05) is 6.61 Å². The van der Waals surface area contributed by atoms with E-state index in [-0.39, 0.29) is 12.2 Å². The number of esters is 1. The molecule has 0 amide bonds. The molecule has 106 valence electrons. The van der Waals surface area contributed by atoms with Crippen LogP contribution in [0.1, 0.15) is 27.2 Å². The lowest BCUT2D eigenvalue weighted by Crippen LogP contribution is -2.40. The van der Waals surface area contributed by atoms with Crippen molar-refractivity contribution in [3.63, 3.8) is 0 Å². The van der Waals surface area contributed by atoms with Gasteiger partial charge in [0.25, 0.3) is 0 Å². The minimum atomic E-state index is -1.97. The number of allylic oxidation sites excluding steroid dienone is 3. The number of carbonyl (C=O) groups excluding carboxylic acids is 1. The normalized spacial score (nSPS) is 22.7. The molecule has 19 heavy (non-hydrogen) atoms. The van der Waals surface area contributed by atoms with Gasteiger partial charge < -0.3 is 24.5 Å². The summed E-state index contributed by atoms with van der Waals surface area (Å²) in [5, 5.41) is 27.0. The van der Waals surface area contributed by atoms with Crippen LogP contribution in [-0.4, -0.2) is 40.7 Å². The number of carbonyl (C=O) groups is 1. The van der Waals surface area contributed by atoms with Crippen molar-refractivity contribution in [1.29, 1.82) is 0 Å². The quantitative estimate of drug-likeness (QED) is 0.496. The van der Waals surface area contributed by atoms with E-state index in [9.17, 15) is 9.90 Å². The summed E-state index contributed by atoms with van der Waals surface area (Å²) in [6.45, 7) is 4.73. The zero-order chi connectivity index (χ0) is 14.7. The number of rotatable bonds is 4. The SMILES string of the molecule is CC(C)(C)OC(=O)C1(CO)C=CC=C(OB(O)O)C1. The molecule has 1 aliphatic carbocycles. The molecule has 0 heterocycles. The summed E-state index contributed by atoms with van der Waals surface area (Å²) < 4.78 is 10.00. The highest BCUT2D eigenvalue weighted by atomic mass is 16.6. The first-order valence-electron chi connectivity index (χ1n) is 5.94. The number of hydrogen-bond acceptors (Lipinski definition) is 6. The fraction of sp³-hybridized carbons (Fsp3) is 0.583. The van der Waals surface area contributed by atoms with Crippen LogP contribution in [0.25, 0.3) is 0 Å². The Morgan fingerprint density at radius 3 is 2.58 bits per heavy atom. The van der Waals surface area contributed by atoms with Crippen LogP contribution in [0.3, 0.4) is 0 Å². The molecule has 0 bridgehead atoms. The lowest BCUT2D eigenvalue weighted by molar-refractivity contribution is -0.167. The van der Waals surface area contributed by atoms with Crippen molar-refractivity contribution >= 4 is 13.3 Å². The average molecular weight is 270 g/mol. The first-order chi connectivity index (χ1) is 8.68. The molecule has 1 unspecified atom stereocenters. The molecule has 0 aliphatic heterocycles. The third-order valence-electron chi connectivity index (χ3n) is 2.53. The minimum absolute atomic E-state index is 0.00648.